The van der Waals surface area contributed by atoms with Crippen LogP contribution in [0.2, 0.25) is 0 Å². The van der Waals surface area contributed by atoms with E-state index in [2.05, 4.69) is 10.6 Å². The normalized spacial score (nSPS) is 25.4. The Balaban J connectivity index is 1.74. The molecule has 0 aromatic rings. The van der Waals surface area contributed by atoms with Gasteiger partial charge < -0.3 is 25.5 Å². The maximum atomic E-state index is 12.5. The highest BCUT2D eigenvalue weighted by Crippen LogP contribution is 2.26. The molecule has 1 aliphatic heterocycles. The summed E-state index contributed by atoms with van der Waals surface area (Å²) in [7, 11) is 3.39. The van der Waals surface area contributed by atoms with Gasteiger partial charge in [0.25, 0.3) is 0 Å². The first-order valence-electron chi connectivity index (χ1n) is 9.29. The average Bonchev–Trinajstić information content (AvgIpc) is 2.55. The van der Waals surface area contributed by atoms with Crippen molar-refractivity contribution in [3.8, 4) is 0 Å². The number of urea groups is 2. The lowest BCUT2D eigenvalue weighted by Crippen LogP contribution is -2.59. The van der Waals surface area contributed by atoms with Crippen LogP contribution in [-0.4, -0.2) is 96.2 Å². The highest BCUT2D eigenvalue weighted by atomic mass is 16.4. The molecule has 1 aliphatic carbocycles. The lowest BCUT2D eigenvalue weighted by Gasteiger charge is -2.43. The Kier molecular flexibility index (Phi) is 7.07. The van der Waals surface area contributed by atoms with Crippen LogP contribution in [0.25, 0.3) is 0 Å². The molecule has 0 aromatic heterocycles. The van der Waals surface area contributed by atoms with Crippen molar-refractivity contribution in [3.05, 3.63) is 0 Å². The molecular weight excluding hydrogens is 338 g/mol. The van der Waals surface area contributed by atoms with Gasteiger partial charge in [-0.2, -0.15) is 0 Å². The van der Waals surface area contributed by atoms with Crippen LogP contribution >= 0.6 is 0 Å². The number of carboxylic acid groups (broad SMARTS) is 1. The van der Waals surface area contributed by atoms with E-state index in [-0.39, 0.29) is 36.7 Å². The van der Waals surface area contributed by atoms with Crippen LogP contribution in [0, 0.1) is 0 Å². The number of carbonyl (C=O) groups excluding carboxylic acids is 2. The van der Waals surface area contributed by atoms with Gasteiger partial charge in [0.15, 0.2) is 0 Å². The summed E-state index contributed by atoms with van der Waals surface area (Å²) in [5.41, 5.74) is 0. The molecule has 0 spiro atoms. The maximum absolute atomic E-state index is 12.5. The summed E-state index contributed by atoms with van der Waals surface area (Å²) in [6.45, 7) is 3.89. The third-order valence-corrected chi connectivity index (χ3v) is 5.14. The predicted molar refractivity (Wildman–Crippen MR) is 97.0 cm³/mol. The Morgan fingerprint density at radius 1 is 1.15 bits per heavy atom. The van der Waals surface area contributed by atoms with E-state index in [4.69, 9.17) is 5.11 Å². The number of aliphatic carboxylic acids is 1. The third kappa shape index (κ3) is 5.48. The molecule has 148 valence electrons. The number of piperidine rings is 1. The number of amides is 4. The van der Waals surface area contributed by atoms with Gasteiger partial charge in [-0.05, 0) is 32.2 Å². The standard InChI is InChI=1S/C17H31N5O4/c1-4-21(11-15(23)24)14-8-13(9-14)19-17(26)22-7-5-6-12(10-22)18-16(25)20(2)3/h12-14H,4-11H2,1-3H3,(H,18,25)(H,19,26)(H,23,24). The smallest absolute Gasteiger partial charge is 0.317 e. The lowest BCUT2D eigenvalue weighted by atomic mass is 9.85. The molecule has 2 aliphatic rings. The van der Waals surface area contributed by atoms with Crippen molar-refractivity contribution in [2.45, 2.75) is 50.7 Å². The Morgan fingerprint density at radius 3 is 2.42 bits per heavy atom. The molecule has 3 N–H and O–H groups in total. The molecule has 26 heavy (non-hydrogen) atoms. The number of rotatable bonds is 6. The molecule has 1 heterocycles. The van der Waals surface area contributed by atoms with Crippen LogP contribution in [0.5, 0.6) is 0 Å². The summed E-state index contributed by atoms with van der Waals surface area (Å²) in [6, 6.07) is 0.0439. The summed E-state index contributed by atoms with van der Waals surface area (Å²) >= 11 is 0. The van der Waals surface area contributed by atoms with Crippen molar-refractivity contribution < 1.29 is 19.5 Å². The Morgan fingerprint density at radius 2 is 1.85 bits per heavy atom. The maximum Gasteiger partial charge on any atom is 0.317 e. The molecule has 1 saturated heterocycles. The minimum absolute atomic E-state index is 0.0234. The van der Waals surface area contributed by atoms with Crippen molar-refractivity contribution in [1.82, 2.24) is 25.3 Å². The quantitative estimate of drug-likeness (QED) is 0.627. The second-order valence-electron chi connectivity index (χ2n) is 7.36. The number of likely N-dealkylation sites (tertiary alicyclic amines) is 1. The summed E-state index contributed by atoms with van der Waals surface area (Å²) < 4.78 is 0. The van der Waals surface area contributed by atoms with Gasteiger partial charge in [-0.25, -0.2) is 9.59 Å². The van der Waals surface area contributed by atoms with E-state index in [1.807, 2.05) is 11.8 Å². The topological polar surface area (TPSA) is 105 Å². The van der Waals surface area contributed by atoms with Crippen LogP contribution in [0.3, 0.4) is 0 Å². The number of nitrogens with zero attached hydrogens (tertiary/aromatic N) is 3. The summed E-state index contributed by atoms with van der Waals surface area (Å²) in [4.78, 5) is 40.3. The molecule has 0 bridgehead atoms. The van der Waals surface area contributed by atoms with Gasteiger partial charge in [0.1, 0.15) is 0 Å². The third-order valence-electron chi connectivity index (χ3n) is 5.14. The monoisotopic (exact) mass is 369 g/mol. The Bertz CT molecular complexity index is 521. The van der Waals surface area contributed by atoms with Crippen LogP contribution in [0.1, 0.15) is 32.6 Å². The molecule has 9 heteroatoms. The fourth-order valence-corrected chi connectivity index (χ4v) is 3.53. The van der Waals surface area contributed by atoms with Crippen LogP contribution in [0.15, 0.2) is 0 Å². The van der Waals surface area contributed by atoms with E-state index >= 15 is 0 Å². The minimum Gasteiger partial charge on any atom is -0.480 e. The van der Waals surface area contributed by atoms with Gasteiger partial charge >= 0.3 is 18.0 Å². The highest BCUT2D eigenvalue weighted by Gasteiger charge is 2.36. The first-order chi connectivity index (χ1) is 12.3. The number of hydrogen-bond donors (Lipinski definition) is 3. The fourth-order valence-electron chi connectivity index (χ4n) is 3.53. The van der Waals surface area contributed by atoms with E-state index < -0.39 is 5.97 Å². The summed E-state index contributed by atoms with van der Waals surface area (Å²) in [5, 5.41) is 14.9. The molecule has 9 nitrogen and oxygen atoms in total. The molecule has 2 rings (SSSR count). The number of hydrogen-bond acceptors (Lipinski definition) is 4. The van der Waals surface area contributed by atoms with Crippen molar-refractivity contribution >= 4 is 18.0 Å². The van der Waals surface area contributed by atoms with Crippen molar-refractivity contribution in [2.75, 3.05) is 40.3 Å². The van der Waals surface area contributed by atoms with Crippen LogP contribution < -0.4 is 10.6 Å². The number of nitrogens with one attached hydrogen (secondary N) is 2. The second-order valence-corrected chi connectivity index (χ2v) is 7.36. The van der Waals surface area contributed by atoms with E-state index in [1.165, 1.54) is 4.90 Å². The lowest BCUT2D eigenvalue weighted by molar-refractivity contribution is -0.139. The predicted octanol–water partition coefficient (Wildman–Crippen LogP) is 0.369. The van der Waals surface area contributed by atoms with Crippen molar-refractivity contribution in [2.24, 2.45) is 0 Å². The molecule has 1 saturated carbocycles. The zero-order valence-corrected chi connectivity index (χ0v) is 15.9. The van der Waals surface area contributed by atoms with Crippen molar-refractivity contribution in [3.63, 3.8) is 0 Å². The minimum atomic E-state index is -0.821. The van der Waals surface area contributed by atoms with Crippen molar-refractivity contribution in [1.29, 1.82) is 0 Å². The number of carboxylic acids is 1. The molecule has 2 fully saturated rings. The average molecular weight is 369 g/mol. The first-order valence-corrected chi connectivity index (χ1v) is 9.29. The molecular formula is C17H31N5O4. The Hall–Kier alpha value is -2.03. The van der Waals surface area contributed by atoms with Gasteiger partial charge in [0.05, 0.1) is 6.54 Å². The SMILES string of the molecule is CCN(CC(=O)O)C1CC(NC(=O)N2CCCC(NC(=O)N(C)C)C2)C1. The zero-order chi connectivity index (χ0) is 19.3. The molecule has 4 amide bonds. The molecule has 1 atom stereocenters. The molecule has 0 aromatic carbocycles. The Labute approximate surface area is 154 Å². The highest BCUT2D eigenvalue weighted by molar-refractivity contribution is 5.76. The van der Waals surface area contributed by atoms with Gasteiger partial charge in [-0.3, -0.25) is 9.69 Å². The zero-order valence-electron chi connectivity index (χ0n) is 15.9. The van der Waals surface area contributed by atoms with Crippen LogP contribution in [0.4, 0.5) is 9.59 Å². The summed E-state index contributed by atoms with van der Waals surface area (Å²) in [6.07, 6.45) is 3.29. The van der Waals surface area contributed by atoms with Crippen LogP contribution in [-0.2, 0) is 4.79 Å². The van der Waals surface area contributed by atoms with Gasteiger partial charge in [0, 0.05) is 45.3 Å². The second kappa shape index (κ2) is 9.07. The van der Waals surface area contributed by atoms with E-state index in [1.54, 1.807) is 19.0 Å². The van der Waals surface area contributed by atoms with E-state index in [0.717, 1.165) is 25.7 Å². The van der Waals surface area contributed by atoms with E-state index in [9.17, 15) is 14.4 Å². The van der Waals surface area contributed by atoms with Gasteiger partial charge in [0.2, 0.25) is 0 Å². The molecule has 1 unspecified atom stereocenters. The largest absolute Gasteiger partial charge is 0.480 e. The summed E-state index contributed by atoms with van der Waals surface area (Å²) in [5.74, 6) is -0.821. The number of likely N-dealkylation sites (N-methyl/N-ethyl adjacent to an activating group) is 1. The molecule has 0 radical (unpaired) electrons. The van der Waals surface area contributed by atoms with Gasteiger partial charge in [-0.15, -0.1) is 0 Å². The fraction of sp³-hybridized carbons (Fsp3) is 0.824. The van der Waals surface area contributed by atoms with Gasteiger partial charge in [-0.1, -0.05) is 6.92 Å². The number of carbonyl (C=O) groups is 3. The van der Waals surface area contributed by atoms with E-state index in [0.29, 0.717) is 19.6 Å². The first kappa shape index (κ1) is 20.3.